The molecular formula is C25H32N2O. The van der Waals surface area contributed by atoms with E-state index < -0.39 is 0 Å². The fourth-order valence-electron chi connectivity index (χ4n) is 3.65. The predicted octanol–water partition coefficient (Wildman–Crippen LogP) is 6.97. The van der Waals surface area contributed by atoms with Crippen LogP contribution in [-0.2, 0) is 6.54 Å². The summed E-state index contributed by atoms with van der Waals surface area (Å²) in [6, 6.07) is 16.5. The second kappa shape index (κ2) is 10.7. The highest BCUT2D eigenvalue weighted by atomic mass is 16.5. The number of unbranched alkanes of at least 4 members (excludes halogenated alkanes) is 6. The largest absolute Gasteiger partial charge is 0.496 e. The number of nitrogens with zero attached hydrogens (tertiary/aromatic N) is 2. The van der Waals surface area contributed by atoms with Crippen molar-refractivity contribution in [2.24, 2.45) is 0 Å². The molecule has 3 rings (SSSR count). The molecule has 0 spiro atoms. The van der Waals surface area contributed by atoms with E-state index in [0.29, 0.717) is 0 Å². The molecule has 0 bridgehead atoms. The number of rotatable bonds is 11. The molecule has 0 N–H and O–H groups in total. The zero-order valence-electron chi connectivity index (χ0n) is 17.2. The van der Waals surface area contributed by atoms with Crippen LogP contribution in [0.25, 0.3) is 23.2 Å². The maximum atomic E-state index is 5.46. The minimum atomic E-state index is 0.883. The molecule has 0 amide bonds. The Balaban J connectivity index is 1.73. The van der Waals surface area contributed by atoms with Crippen LogP contribution in [-0.4, -0.2) is 16.7 Å². The van der Waals surface area contributed by atoms with Crippen molar-refractivity contribution in [1.29, 1.82) is 0 Å². The van der Waals surface area contributed by atoms with Crippen molar-refractivity contribution in [2.75, 3.05) is 7.11 Å². The maximum absolute atomic E-state index is 5.46. The molecule has 0 atom stereocenters. The van der Waals surface area contributed by atoms with Crippen molar-refractivity contribution in [3.63, 3.8) is 0 Å². The van der Waals surface area contributed by atoms with Gasteiger partial charge in [-0.1, -0.05) is 75.8 Å². The number of methoxy groups -OCH3 is 1. The smallest absolute Gasteiger partial charge is 0.133 e. The van der Waals surface area contributed by atoms with E-state index in [1.165, 1.54) is 50.5 Å². The molecule has 0 radical (unpaired) electrons. The molecule has 3 nitrogen and oxygen atoms in total. The van der Waals surface area contributed by atoms with E-state index in [4.69, 9.17) is 9.72 Å². The Morgan fingerprint density at radius 2 is 1.57 bits per heavy atom. The van der Waals surface area contributed by atoms with Crippen LogP contribution in [0.1, 0.15) is 63.3 Å². The van der Waals surface area contributed by atoms with Gasteiger partial charge in [0.05, 0.1) is 18.1 Å². The molecule has 1 heterocycles. The molecule has 0 unspecified atom stereocenters. The zero-order valence-corrected chi connectivity index (χ0v) is 17.2. The number of aryl methyl sites for hydroxylation is 1. The summed E-state index contributed by atoms with van der Waals surface area (Å²) in [6.07, 6.45) is 13.4. The third-order valence-corrected chi connectivity index (χ3v) is 5.22. The van der Waals surface area contributed by atoms with Gasteiger partial charge in [0.1, 0.15) is 11.6 Å². The Morgan fingerprint density at radius 1 is 0.857 bits per heavy atom. The first-order valence-electron chi connectivity index (χ1n) is 10.6. The van der Waals surface area contributed by atoms with Crippen LogP contribution in [0.3, 0.4) is 0 Å². The van der Waals surface area contributed by atoms with Gasteiger partial charge in [-0.15, -0.1) is 0 Å². The Bertz CT molecular complexity index is 894. The van der Waals surface area contributed by atoms with Crippen LogP contribution >= 0.6 is 0 Å². The molecule has 0 saturated carbocycles. The van der Waals surface area contributed by atoms with Crippen LogP contribution in [0, 0.1) is 0 Å². The van der Waals surface area contributed by atoms with Crippen LogP contribution < -0.4 is 4.74 Å². The van der Waals surface area contributed by atoms with Gasteiger partial charge >= 0.3 is 0 Å². The van der Waals surface area contributed by atoms with E-state index in [1.54, 1.807) is 7.11 Å². The average molecular weight is 377 g/mol. The van der Waals surface area contributed by atoms with E-state index >= 15 is 0 Å². The second-order valence-electron chi connectivity index (χ2n) is 7.31. The van der Waals surface area contributed by atoms with Gasteiger partial charge in [-0.3, -0.25) is 0 Å². The number of aromatic nitrogens is 2. The number of ether oxygens (including phenoxy) is 1. The Kier molecular flexibility index (Phi) is 7.71. The quantitative estimate of drug-likeness (QED) is 0.338. The summed E-state index contributed by atoms with van der Waals surface area (Å²) < 4.78 is 7.82. The summed E-state index contributed by atoms with van der Waals surface area (Å²) in [7, 11) is 1.71. The number of para-hydroxylation sites is 3. The number of fused-ring (bicyclic) bond motifs is 1. The van der Waals surface area contributed by atoms with Gasteiger partial charge in [-0.05, 0) is 36.8 Å². The van der Waals surface area contributed by atoms with E-state index in [1.807, 2.05) is 18.2 Å². The number of imidazole rings is 1. The van der Waals surface area contributed by atoms with Crippen molar-refractivity contribution in [3.05, 3.63) is 59.9 Å². The average Bonchev–Trinajstić information content (AvgIpc) is 3.09. The summed E-state index contributed by atoms with van der Waals surface area (Å²) in [4.78, 5) is 4.86. The first-order chi connectivity index (χ1) is 13.8. The first kappa shape index (κ1) is 20.2. The van der Waals surface area contributed by atoms with Crippen molar-refractivity contribution in [2.45, 2.75) is 58.4 Å². The minimum absolute atomic E-state index is 0.883. The van der Waals surface area contributed by atoms with Gasteiger partial charge in [0.25, 0.3) is 0 Å². The summed E-state index contributed by atoms with van der Waals surface area (Å²) in [5, 5.41) is 0. The predicted molar refractivity (Wildman–Crippen MR) is 120 cm³/mol. The molecule has 0 aliphatic heterocycles. The lowest BCUT2D eigenvalue weighted by Crippen LogP contribution is -2.01. The molecule has 1 aromatic heterocycles. The van der Waals surface area contributed by atoms with E-state index in [2.05, 4.69) is 54.0 Å². The van der Waals surface area contributed by atoms with Gasteiger partial charge in [0, 0.05) is 12.1 Å². The summed E-state index contributed by atoms with van der Waals surface area (Å²) in [5.41, 5.74) is 3.35. The van der Waals surface area contributed by atoms with E-state index in [0.717, 1.165) is 29.2 Å². The molecule has 3 aromatic rings. The number of benzene rings is 2. The Labute approximate surface area is 169 Å². The second-order valence-corrected chi connectivity index (χ2v) is 7.31. The van der Waals surface area contributed by atoms with Crippen molar-refractivity contribution >= 4 is 23.2 Å². The lowest BCUT2D eigenvalue weighted by Gasteiger charge is -2.08. The highest BCUT2D eigenvalue weighted by Crippen LogP contribution is 2.22. The number of hydrogen-bond donors (Lipinski definition) is 0. The van der Waals surface area contributed by atoms with E-state index in [9.17, 15) is 0 Å². The maximum Gasteiger partial charge on any atom is 0.133 e. The lowest BCUT2D eigenvalue weighted by atomic mass is 10.1. The van der Waals surface area contributed by atoms with E-state index in [-0.39, 0.29) is 0 Å². The fraction of sp³-hybridized carbons (Fsp3) is 0.400. The molecule has 3 heteroatoms. The fourth-order valence-corrected chi connectivity index (χ4v) is 3.65. The zero-order chi connectivity index (χ0) is 19.6. The SMILES string of the molecule is CCCCCCCCCn1c(/C=C/c2ccccc2OC)nc2ccccc21. The summed E-state index contributed by atoms with van der Waals surface area (Å²) >= 11 is 0. The standard InChI is InChI=1S/C25H32N2O/c1-3-4-5-6-7-8-13-20-27-23-16-11-10-15-22(23)26-25(27)19-18-21-14-9-12-17-24(21)28-2/h9-12,14-19H,3-8,13,20H2,1-2H3/b19-18+. The molecule has 148 valence electrons. The molecule has 2 aromatic carbocycles. The monoisotopic (exact) mass is 376 g/mol. The topological polar surface area (TPSA) is 27.1 Å². The Hall–Kier alpha value is -2.55. The summed E-state index contributed by atoms with van der Waals surface area (Å²) in [5.74, 6) is 1.89. The van der Waals surface area contributed by atoms with Gasteiger partial charge in [-0.25, -0.2) is 4.98 Å². The molecular weight excluding hydrogens is 344 g/mol. The third kappa shape index (κ3) is 5.25. The van der Waals surface area contributed by atoms with Gasteiger partial charge in [0.2, 0.25) is 0 Å². The normalized spacial score (nSPS) is 11.5. The first-order valence-corrected chi connectivity index (χ1v) is 10.6. The van der Waals surface area contributed by atoms with Crippen molar-refractivity contribution < 1.29 is 4.74 Å². The third-order valence-electron chi connectivity index (χ3n) is 5.22. The number of hydrogen-bond acceptors (Lipinski definition) is 2. The van der Waals surface area contributed by atoms with Crippen LogP contribution in [0.15, 0.2) is 48.5 Å². The van der Waals surface area contributed by atoms with Gasteiger partial charge in [0.15, 0.2) is 0 Å². The molecule has 28 heavy (non-hydrogen) atoms. The highest BCUT2D eigenvalue weighted by Gasteiger charge is 2.08. The highest BCUT2D eigenvalue weighted by molar-refractivity contribution is 5.80. The lowest BCUT2D eigenvalue weighted by molar-refractivity contribution is 0.414. The summed E-state index contributed by atoms with van der Waals surface area (Å²) in [6.45, 7) is 3.28. The Morgan fingerprint density at radius 3 is 2.39 bits per heavy atom. The van der Waals surface area contributed by atoms with Gasteiger partial charge < -0.3 is 9.30 Å². The van der Waals surface area contributed by atoms with Gasteiger partial charge in [-0.2, -0.15) is 0 Å². The van der Waals surface area contributed by atoms with Crippen molar-refractivity contribution in [3.8, 4) is 5.75 Å². The molecule has 0 fully saturated rings. The van der Waals surface area contributed by atoms with Crippen molar-refractivity contribution in [1.82, 2.24) is 9.55 Å². The molecule has 0 aliphatic carbocycles. The van der Waals surface area contributed by atoms with Crippen LogP contribution in [0.2, 0.25) is 0 Å². The molecule has 0 saturated heterocycles. The van der Waals surface area contributed by atoms with Crippen LogP contribution in [0.4, 0.5) is 0 Å². The van der Waals surface area contributed by atoms with Crippen LogP contribution in [0.5, 0.6) is 5.75 Å². The molecule has 0 aliphatic rings. The minimum Gasteiger partial charge on any atom is -0.496 e.